The van der Waals surface area contributed by atoms with Crippen LogP contribution in [0.1, 0.15) is 53.9 Å². The summed E-state index contributed by atoms with van der Waals surface area (Å²) in [4.78, 5) is 25.3. The van der Waals surface area contributed by atoms with E-state index in [9.17, 15) is 24.9 Å². The van der Waals surface area contributed by atoms with E-state index in [0.717, 1.165) is 0 Å². The van der Waals surface area contributed by atoms with E-state index in [1.165, 1.54) is 6.92 Å². The zero-order valence-corrected chi connectivity index (χ0v) is 17.4. The standard InChI is InChI=1S/C22H32O6/c1-10-14(24)7-8-20(6)16(26)17(27)21-11(2)15(25)9-13(19(21,4)5)18(22(10,20)21)28-12(3)23/h11,13-14,16-18,24,26-27H,1,7-9H2,2-6H3/t11-,13-,14-,16-,17-,18+,20-,21+,22+/m0/s1. The molecule has 3 N–H and O–H groups in total. The predicted molar refractivity (Wildman–Crippen MR) is 101 cm³/mol. The number of carbonyl (C=O) groups excluding carboxylic acids is 2. The lowest BCUT2D eigenvalue weighted by Crippen LogP contribution is -2.63. The second-order valence-corrected chi connectivity index (χ2v) is 10.3. The van der Waals surface area contributed by atoms with Gasteiger partial charge >= 0.3 is 5.97 Å². The number of ether oxygens (including phenoxy) is 1. The van der Waals surface area contributed by atoms with Crippen LogP contribution in [0.4, 0.5) is 0 Å². The quantitative estimate of drug-likeness (QED) is 0.463. The van der Waals surface area contributed by atoms with Crippen molar-refractivity contribution in [2.75, 3.05) is 0 Å². The molecular weight excluding hydrogens is 360 g/mol. The minimum absolute atomic E-state index is 0.00159. The highest BCUT2D eigenvalue weighted by atomic mass is 16.5. The molecule has 6 heteroatoms. The van der Waals surface area contributed by atoms with Gasteiger partial charge in [0.15, 0.2) is 0 Å². The molecule has 0 saturated heterocycles. The number of hydrogen-bond donors (Lipinski definition) is 3. The molecule has 0 aliphatic heterocycles. The Morgan fingerprint density at radius 1 is 1.18 bits per heavy atom. The fourth-order valence-electron chi connectivity index (χ4n) is 8.52. The van der Waals surface area contributed by atoms with Crippen molar-refractivity contribution in [1.29, 1.82) is 0 Å². The Labute approximate surface area is 166 Å². The van der Waals surface area contributed by atoms with Gasteiger partial charge in [0.1, 0.15) is 11.9 Å². The molecule has 0 radical (unpaired) electrons. The molecule has 0 heterocycles. The van der Waals surface area contributed by atoms with Crippen molar-refractivity contribution in [3.05, 3.63) is 12.2 Å². The second kappa shape index (κ2) is 5.46. The summed E-state index contributed by atoms with van der Waals surface area (Å²) in [7, 11) is 0. The Morgan fingerprint density at radius 3 is 2.36 bits per heavy atom. The van der Waals surface area contributed by atoms with Gasteiger partial charge in [-0.25, -0.2) is 0 Å². The number of carbonyl (C=O) groups is 2. The molecule has 2 spiro atoms. The van der Waals surface area contributed by atoms with E-state index in [0.29, 0.717) is 18.4 Å². The molecule has 156 valence electrons. The zero-order valence-electron chi connectivity index (χ0n) is 17.4. The van der Waals surface area contributed by atoms with E-state index in [4.69, 9.17) is 4.74 Å². The van der Waals surface area contributed by atoms with E-state index in [-0.39, 0.29) is 18.1 Å². The van der Waals surface area contributed by atoms with Crippen molar-refractivity contribution < 1.29 is 29.6 Å². The van der Waals surface area contributed by atoms with Crippen LogP contribution in [0.15, 0.2) is 12.2 Å². The van der Waals surface area contributed by atoms with Gasteiger partial charge in [0, 0.05) is 41.4 Å². The first kappa shape index (κ1) is 20.0. The van der Waals surface area contributed by atoms with Gasteiger partial charge in [0.25, 0.3) is 0 Å². The van der Waals surface area contributed by atoms with Gasteiger partial charge in [-0.15, -0.1) is 0 Å². The number of rotatable bonds is 1. The monoisotopic (exact) mass is 392 g/mol. The molecule has 4 saturated carbocycles. The number of aliphatic hydroxyl groups is 3. The average Bonchev–Trinajstić information content (AvgIpc) is 2.82. The Bertz CT molecular complexity index is 773. The van der Waals surface area contributed by atoms with E-state index >= 15 is 0 Å². The number of ketones is 1. The Morgan fingerprint density at radius 2 is 1.79 bits per heavy atom. The molecule has 9 atom stereocenters. The minimum atomic E-state index is -1.18. The third-order valence-corrected chi connectivity index (χ3v) is 9.48. The third kappa shape index (κ3) is 1.66. The van der Waals surface area contributed by atoms with Gasteiger partial charge in [-0.05, 0) is 23.8 Å². The SMILES string of the molecule is C=C1[C@@H](O)CC[C@@]2(C)[C@@H](O)[C@H](O)[C@@]34[C@@H](C)C(=O)C[C@@H]([C@@H](OC(C)=O)[C@@]132)C4(C)C. The summed E-state index contributed by atoms with van der Waals surface area (Å²) < 4.78 is 5.92. The lowest BCUT2D eigenvalue weighted by molar-refractivity contribution is -0.176. The van der Waals surface area contributed by atoms with E-state index in [1.54, 1.807) is 0 Å². The molecular formula is C22H32O6. The first-order valence-corrected chi connectivity index (χ1v) is 10.3. The Balaban J connectivity index is 2.15. The first-order chi connectivity index (χ1) is 12.8. The van der Waals surface area contributed by atoms with Crippen LogP contribution in [-0.2, 0) is 14.3 Å². The van der Waals surface area contributed by atoms with Crippen LogP contribution in [0.2, 0.25) is 0 Å². The molecule has 4 aliphatic carbocycles. The Kier molecular flexibility index (Phi) is 3.91. The lowest BCUT2D eigenvalue weighted by atomic mass is 9.42. The molecule has 4 fully saturated rings. The number of aliphatic hydroxyl groups excluding tert-OH is 3. The maximum absolute atomic E-state index is 13.1. The molecule has 28 heavy (non-hydrogen) atoms. The summed E-state index contributed by atoms with van der Waals surface area (Å²) >= 11 is 0. The van der Waals surface area contributed by atoms with Crippen LogP contribution in [0.25, 0.3) is 0 Å². The van der Waals surface area contributed by atoms with Gasteiger partial charge in [0.05, 0.1) is 18.3 Å². The highest BCUT2D eigenvalue weighted by Crippen LogP contribution is 2.85. The van der Waals surface area contributed by atoms with E-state index in [2.05, 4.69) is 6.58 Å². The van der Waals surface area contributed by atoms with Crippen LogP contribution < -0.4 is 0 Å². The summed E-state index contributed by atoms with van der Waals surface area (Å²) in [6.07, 6.45) is -2.74. The van der Waals surface area contributed by atoms with Crippen molar-refractivity contribution in [1.82, 2.24) is 0 Å². The molecule has 0 aromatic heterocycles. The van der Waals surface area contributed by atoms with Gasteiger partial charge < -0.3 is 20.1 Å². The first-order valence-electron chi connectivity index (χ1n) is 10.3. The average molecular weight is 392 g/mol. The summed E-state index contributed by atoms with van der Waals surface area (Å²) in [5.41, 5.74) is -3.15. The highest BCUT2D eigenvalue weighted by Gasteiger charge is 2.90. The molecule has 6 nitrogen and oxygen atoms in total. The lowest BCUT2D eigenvalue weighted by Gasteiger charge is -2.60. The molecule has 0 unspecified atom stereocenters. The predicted octanol–water partition coefficient (Wildman–Crippen LogP) is 1.61. The molecule has 2 bridgehead atoms. The zero-order chi connectivity index (χ0) is 21.0. The van der Waals surface area contributed by atoms with Crippen molar-refractivity contribution in [2.45, 2.75) is 78.3 Å². The summed E-state index contributed by atoms with van der Waals surface area (Å²) in [6, 6.07) is 0. The van der Waals surface area contributed by atoms with Gasteiger partial charge in [-0.3, -0.25) is 9.59 Å². The molecule has 0 aromatic rings. The fraction of sp³-hybridized carbons (Fsp3) is 0.818. The normalized spacial score (nSPS) is 54.3. The molecule has 4 rings (SSSR count). The van der Waals surface area contributed by atoms with Crippen molar-refractivity contribution in [2.24, 2.45) is 33.5 Å². The summed E-state index contributed by atoms with van der Waals surface area (Å²) in [5.74, 6) is -1.35. The van der Waals surface area contributed by atoms with Crippen molar-refractivity contribution in [3.8, 4) is 0 Å². The van der Waals surface area contributed by atoms with Crippen LogP contribution in [0.5, 0.6) is 0 Å². The van der Waals surface area contributed by atoms with E-state index in [1.807, 2.05) is 27.7 Å². The third-order valence-electron chi connectivity index (χ3n) is 9.48. The maximum Gasteiger partial charge on any atom is 0.302 e. The van der Waals surface area contributed by atoms with Crippen LogP contribution in [-0.4, -0.2) is 51.5 Å². The van der Waals surface area contributed by atoms with Crippen LogP contribution >= 0.6 is 0 Å². The van der Waals surface area contributed by atoms with Crippen LogP contribution in [0, 0.1) is 33.5 Å². The largest absolute Gasteiger partial charge is 0.461 e. The number of Topliss-reactive ketones (excluding diaryl/α,β-unsaturated/α-hetero) is 1. The smallest absolute Gasteiger partial charge is 0.302 e. The van der Waals surface area contributed by atoms with Crippen LogP contribution in [0.3, 0.4) is 0 Å². The van der Waals surface area contributed by atoms with Crippen molar-refractivity contribution in [3.63, 3.8) is 0 Å². The summed E-state index contributed by atoms with van der Waals surface area (Å²) in [5, 5.41) is 33.8. The van der Waals surface area contributed by atoms with Gasteiger partial charge in [-0.2, -0.15) is 0 Å². The molecule has 0 amide bonds. The highest BCUT2D eigenvalue weighted by molar-refractivity contribution is 5.85. The topological polar surface area (TPSA) is 104 Å². The van der Waals surface area contributed by atoms with E-state index < -0.39 is 58.0 Å². The number of fused-ring (bicyclic) bond motifs is 1. The number of esters is 1. The van der Waals surface area contributed by atoms with Crippen molar-refractivity contribution >= 4 is 11.8 Å². The molecule has 4 aliphatic rings. The Hall–Kier alpha value is -1.24. The minimum Gasteiger partial charge on any atom is -0.461 e. The van der Waals surface area contributed by atoms with Gasteiger partial charge in [0.2, 0.25) is 0 Å². The van der Waals surface area contributed by atoms with Gasteiger partial charge in [-0.1, -0.05) is 34.3 Å². The maximum atomic E-state index is 13.1. The fourth-order valence-corrected chi connectivity index (χ4v) is 8.52. The summed E-state index contributed by atoms with van der Waals surface area (Å²) in [6.45, 7) is 13.3. The second-order valence-electron chi connectivity index (χ2n) is 10.3. The molecule has 0 aromatic carbocycles. The number of hydrogen-bond acceptors (Lipinski definition) is 6.